The number of aromatic nitrogens is 2. The van der Waals surface area contributed by atoms with E-state index < -0.39 is 5.97 Å². The normalized spacial score (nSPS) is 14.7. The third-order valence-corrected chi connectivity index (χ3v) is 4.95. The van der Waals surface area contributed by atoms with E-state index in [-0.39, 0.29) is 0 Å². The molecule has 1 aliphatic heterocycles. The zero-order chi connectivity index (χ0) is 17.5. The van der Waals surface area contributed by atoms with Crippen LogP contribution >= 0.6 is 11.3 Å². The molecule has 0 aromatic carbocycles. The third kappa shape index (κ3) is 4.60. The summed E-state index contributed by atoms with van der Waals surface area (Å²) in [5.41, 5.74) is 2.21. The SMILES string of the molecule is CC.Cc1cc(C(=O)O)n(Cc2csc(N3CCCCCC3)n2)c1. The fourth-order valence-electron chi connectivity index (χ4n) is 2.92. The zero-order valence-electron chi connectivity index (χ0n) is 14.8. The second-order valence-corrected chi connectivity index (χ2v) is 6.69. The maximum absolute atomic E-state index is 11.3. The van der Waals surface area contributed by atoms with Crippen molar-refractivity contribution in [3.05, 3.63) is 34.6 Å². The van der Waals surface area contributed by atoms with Gasteiger partial charge in [0.15, 0.2) is 5.13 Å². The molecule has 0 spiro atoms. The molecule has 6 heteroatoms. The van der Waals surface area contributed by atoms with E-state index in [1.165, 1.54) is 25.7 Å². The number of aromatic carboxylic acids is 1. The highest BCUT2D eigenvalue weighted by atomic mass is 32.1. The molecule has 0 amide bonds. The fraction of sp³-hybridized carbons (Fsp3) is 0.556. The van der Waals surface area contributed by atoms with E-state index in [4.69, 9.17) is 4.98 Å². The molecule has 0 unspecified atom stereocenters. The number of rotatable bonds is 4. The lowest BCUT2D eigenvalue weighted by Gasteiger charge is -2.18. The summed E-state index contributed by atoms with van der Waals surface area (Å²) >= 11 is 1.66. The summed E-state index contributed by atoms with van der Waals surface area (Å²) < 4.78 is 1.76. The molecule has 2 aromatic rings. The van der Waals surface area contributed by atoms with Crippen LogP contribution in [0.1, 0.15) is 61.3 Å². The second-order valence-electron chi connectivity index (χ2n) is 5.86. The highest BCUT2D eigenvalue weighted by Gasteiger charge is 2.15. The summed E-state index contributed by atoms with van der Waals surface area (Å²) in [6.45, 7) is 8.58. The number of carbonyl (C=O) groups is 1. The van der Waals surface area contributed by atoms with Gasteiger partial charge in [0.1, 0.15) is 5.69 Å². The Morgan fingerprint density at radius 3 is 2.54 bits per heavy atom. The molecular weight excluding hydrogens is 322 g/mol. The first kappa shape index (κ1) is 18.5. The molecule has 3 rings (SSSR count). The van der Waals surface area contributed by atoms with E-state index in [0.29, 0.717) is 12.2 Å². The van der Waals surface area contributed by atoms with Crippen LogP contribution in [0.4, 0.5) is 5.13 Å². The minimum atomic E-state index is -0.893. The average Bonchev–Trinajstić information content (AvgIpc) is 3.07. The highest BCUT2D eigenvalue weighted by molar-refractivity contribution is 7.13. The van der Waals surface area contributed by atoms with Crippen LogP contribution in [0.3, 0.4) is 0 Å². The van der Waals surface area contributed by atoms with Crippen LogP contribution in [0.2, 0.25) is 0 Å². The van der Waals surface area contributed by atoms with Gasteiger partial charge in [-0.15, -0.1) is 11.3 Å². The molecule has 1 saturated heterocycles. The van der Waals surface area contributed by atoms with Crippen LogP contribution in [-0.2, 0) is 6.54 Å². The van der Waals surface area contributed by atoms with Crippen molar-refractivity contribution in [1.82, 2.24) is 9.55 Å². The Hall–Kier alpha value is -1.82. The Balaban J connectivity index is 0.00000100. The number of carboxylic acids is 1. The van der Waals surface area contributed by atoms with Gasteiger partial charge in [0.05, 0.1) is 12.2 Å². The minimum Gasteiger partial charge on any atom is -0.477 e. The molecule has 1 N–H and O–H groups in total. The Bertz CT molecular complexity index is 655. The van der Waals surface area contributed by atoms with Crippen molar-refractivity contribution in [2.75, 3.05) is 18.0 Å². The predicted molar refractivity (Wildman–Crippen MR) is 99.4 cm³/mol. The molecule has 0 atom stereocenters. The summed E-state index contributed by atoms with van der Waals surface area (Å²) in [6.07, 6.45) is 6.94. The van der Waals surface area contributed by atoms with Gasteiger partial charge in [-0.25, -0.2) is 9.78 Å². The van der Waals surface area contributed by atoms with E-state index in [1.54, 1.807) is 22.0 Å². The van der Waals surface area contributed by atoms with Crippen LogP contribution in [0.25, 0.3) is 0 Å². The summed E-state index contributed by atoms with van der Waals surface area (Å²) in [6, 6.07) is 1.70. The summed E-state index contributed by atoms with van der Waals surface area (Å²) in [7, 11) is 0. The molecule has 132 valence electrons. The monoisotopic (exact) mass is 349 g/mol. The van der Waals surface area contributed by atoms with Gasteiger partial charge in [-0.3, -0.25) is 0 Å². The smallest absolute Gasteiger partial charge is 0.352 e. The molecular formula is C18H27N3O2S. The van der Waals surface area contributed by atoms with E-state index in [0.717, 1.165) is 29.5 Å². The maximum Gasteiger partial charge on any atom is 0.352 e. The topological polar surface area (TPSA) is 58.4 Å². The van der Waals surface area contributed by atoms with Crippen LogP contribution in [0.5, 0.6) is 0 Å². The summed E-state index contributed by atoms with van der Waals surface area (Å²) in [4.78, 5) is 18.3. The molecule has 0 radical (unpaired) electrons. The molecule has 3 heterocycles. The zero-order valence-corrected chi connectivity index (χ0v) is 15.6. The quantitative estimate of drug-likeness (QED) is 0.888. The summed E-state index contributed by atoms with van der Waals surface area (Å²) in [5, 5.41) is 12.4. The van der Waals surface area contributed by atoms with Crippen molar-refractivity contribution in [3.8, 4) is 0 Å². The van der Waals surface area contributed by atoms with Crippen molar-refractivity contribution < 1.29 is 9.90 Å². The van der Waals surface area contributed by atoms with Crippen molar-refractivity contribution in [1.29, 1.82) is 0 Å². The molecule has 24 heavy (non-hydrogen) atoms. The molecule has 1 fully saturated rings. The summed E-state index contributed by atoms with van der Waals surface area (Å²) in [5.74, 6) is -0.893. The number of hydrogen-bond acceptors (Lipinski definition) is 4. The van der Waals surface area contributed by atoms with Gasteiger partial charge in [0, 0.05) is 24.7 Å². The first-order chi connectivity index (χ1) is 11.6. The standard InChI is InChI=1S/C16H21N3O2S.C2H6/c1-12-8-14(15(20)21)19(9-12)10-13-11-22-16(17-13)18-6-4-2-3-5-7-18;1-2/h8-9,11H,2-7,10H2,1H3,(H,20,21);1-2H3. The number of carboxylic acid groups (broad SMARTS) is 1. The van der Waals surface area contributed by atoms with Gasteiger partial charge in [-0.05, 0) is 31.4 Å². The largest absolute Gasteiger partial charge is 0.477 e. The van der Waals surface area contributed by atoms with Gasteiger partial charge in [0.25, 0.3) is 0 Å². The Morgan fingerprint density at radius 1 is 1.25 bits per heavy atom. The molecule has 1 aliphatic rings. The van der Waals surface area contributed by atoms with Crippen LogP contribution in [0, 0.1) is 6.92 Å². The first-order valence-corrected chi connectivity index (χ1v) is 9.61. The molecule has 2 aromatic heterocycles. The number of aryl methyl sites for hydroxylation is 1. The lowest BCUT2D eigenvalue weighted by molar-refractivity contribution is 0.0685. The van der Waals surface area contributed by atoms with E-state index in [1.807, 2.05) is 32.3 Å². The van der Waals surface area contributed by atoms with Crippen molar-refractivity contribution in [2.45, 2.75) is 53.0 Å². The first-order valence-electron chi connectivity index (χ1n) is 8.73. The average molecular weight is 350 g/mol. The fourth-order valence-corrected chi connectivity index (χ4v) is 3.79. The van der Waals surface area contributed by atoms with Gasteiger partial charge < -0.3 is 14.6 Å². The Morgan fingerprint density at radius 2 is 1.92 bits per heavy atom. The second kappa shape index (κ2) is 8.87. The number of thiazole rings is 1. The van der Waals surface area contributed by atoms with Crippen molar-refractivity contribution in [3.63, 3.8) is 0 Å². The molecule has 0 bridgehead atoms. The van der Waals surface area contributed by atoms with Crippen LogP contribution in [0.15, 0.2) is 17.6 Å². The van der Waals surface area contributed by atoms with Gasteiger partial charge in [-0.2, -0.15) is 0 Å². The minimum absolute atomic E-state index is 0.321. The number of hydrogen-bond donors (Lipinski definition) is 1. The number of nitrogens with zero attached hydrogens (tertiary/aromatic N) is 3. The van der Waals surface area contributed by atoms with E-state index in [9.17, 15) is 9.90 Å². The van der Waals surface area contributed by atoms with Gasteiger partial charge >= 0.3 is 5.97 Å². The van der Waals surface area contributed by atoms with Crippen LogP contribution in [-0.4, -0.2) is 33.7 Å². The number of anilines is 1. The van der Waals surface area contributed by atoms with E-state index in [2.05, 4.69) is 4.90 Å². The van der Waals surface area contributed by atoms with Crippen LogP contribution < -0.4 is 4.90 Å². The highest BCUT2D eigenvalue weighted by Crippen LogP contribution is 2.24. The Kier molecular flexibility index (Phi) is 6.85. The molecule has 0 saturated carbocycles. The molecule has 0 aliphatic carbocycles. The lowest BCUT2D eigenvalue weighted by atomic mass is 10.2. The van der Waals surface area contributed by atoms with E-state index >= 15 is 0 Å². The lowest BCUT2D eigenvalue weighted by Crippen LogP contribution is -2.23. The van der Waals surface area contributed by atoms with Crippen molar-refractivity contribution >= 4 is 22.4 Å². The van der Waals surface area contributed by atoms with Gasteiger partial charge in [0.2, 0.25) is 0 Å². The predicted octanol–water partition coefficient (Wildman–Crippen LogP) is 4.41. The van der Waals surface area contributed by atoms with Crippen molar-refractivity contribution in [2.24, 2.45) is 0 Å². The third-order valence-electron chi connectivity index (χ3n) is 4.00. The maximum atomic E-state index is 11.3. The Labute approximate surface area is 147 Å². The molecule has 5 nitrogen and oxygen atoms in total. The van der Waals surface area contributed by atoms with Gasteiger partial charge in [-0.1, -0.05) is 26.7 Å².